The number of hydrogen-bond donors (Lipinski definition) is 2. The van der Waals surface area contributed by atoms with Gasteiger partial charge in [-0.2, -0.15) is 15.4 Å². The van der Waals surface area contributed by atoms with E-state index < -0.39 is 0 Å². The van der Waals surface area contributed by atoms with Crippen LogP contribution in [-0.2, 0) is 6.54 Å². The van der Waals surface area contributed by atoms with E-state index in [-0.39, 0.29) is 5.82 Å². The monoisotopic (exact) mass is 256 g/mol. The molecule has 19 heavy (non-hydrogen) atoms. The normalized spacial score (nSPS) is 10.8. The molecular weight excluding hydrogens is 243 g/mol. The van der Waals surface area contributed by atoms with Crippen LogP contribution in [-0.4, -0.2) is 15.4 Å². The van der Waals surface area contributed by atoms with Gasteiger partial charge < -0.3 is 5.32 Å². The summed E-state index contributed by atoms with van der Waals surface area (Å²) < 4.78 is 13.2. The van der Waals surface area contributed by atoms with Gasteiger partial charge in [0.25, 0.3) is 0 Å². The number of hydrogen-bond acceptors (Lipinski definition) is 3. The lowest BCUT2D eigenvalue weighted by molar-refractivity contribution is 0.617. The van der Waals surface area contributed by atoms with Crippen molar-refractivity contribution < 1.29 is 4.39 Å². The Balaban J connectivity index is 1.75. The second kappa shape index (κ2) is 4.68. The third kappa shape index (κ3) is 2.40. The zero-order valence-electron chi connectivity index (χ0n) is 10.4. The van der Waals surface area contributed by atoms with Crippen molar-refractivity contribution >= 4 is 16.7 Å². The molecule has 0 aliphatic heterocycles. The van der Waals surface area contributed by atoms with Gasteiger partial charge in [-0.1, -0.05) is 12.1 Å². The van der Waals surface area contributed by atoms with Crippen LogP contribution in [0.3, 0.4) is 0 Å². The first kappa shape index (κ1) is 11.6. The highest BCUT2D eigenvalue weighted by atomic mass is 19.1. The molecule has 1 heterocycles. The molecule has 2 aromatic carbocycles. The average molecular weight is 256 g/mol. The molecule has 5 heteroatoms. The topological polar surface area (TPSA) is 53.6 Å². The molecule has 96 valence electrons. The first-order valence-electron chi connectivity index (χ1n) is 6.02. The highest BCUT2D eigenvalue weighted by Crippen LogP contribution is 2.16. The molecule has 3 aromatic rings. The number of anilines is 1. The van der Waals surface area contributed by atoms with E-state index in [1.807, 2.05) is 24.3 Å². The van der Waals surface area contributed by atoms with E-state index in [9.17, 15) is 4.39 Å². The minimum atomic E-state index is -0.173. The van der Waals surface area contributed by atoms with Crippen molar-refractivity contribution in [1.29, 1.82) is 0 Å². The molecule has 4 nitrogen and oxygen atoms in total. The van der Waals surface area contributed by atoms with Crippen molar-refractivity contribution in [1.82, 2.24) is 15.4 Å². The molecule has 0 aliphatic carbocycles. The second-order valence-corrected chi connectivity index (χ2v) is 4.46. The van der Waals surface area contributed by atoms with Crippen LogP contribution in [0.5, 0.6) is 0 Å². The molecule has 0 bridgehead atoms. The van der Waals surface area contributed by atoms with E-state index in [1.165, 1.54) is 6.07 Å². The number of rotatable bonds is 3. The van der Waals surface area contributed by atoms with E-state index in [2.05, 4.69) is 20.7 Å². The zero-order chi connectivity index (χ0) is 13.2. The summed E-state index contributed by atoms with van der Waals surface area (Å²) in [6, 6.07) is 10.9. The number of halogens is 1. The molecule has 0 saturated carbocycles. The molecule has 3 rings (SSSR count). The van der Waals surface area contributed by atoms with Crippen LogP contribution in [0.25, 0.3) is 11.0 Å². The van der Waals surface area contributed by atoms with Crippen molar-refractivity contribution in [2.24, 2.45) is 0 Å². The van der Waals surface area contributed by atoms with Crippen LogP contribution in [0.2, 0.25) is 0 Å². The van der Waals surface area contributed by atoms with Crippen molar-refractivity contribution in [3.8, 4) is 0 Å². The summed E-state index contributed by atoms with van der Waals surface area (Å²) in [4.78, 5) is 0. The number of aromatic amines is 1. The lowest BCUT2D eigenvalue weighted by Crippen LogP contribution is -2.00. The van der Waals surface area contributed by atoms with E-state index in [0.29, 0.717) is 12.1 Å². The minimum Gasteiger partial charge on any atom is -0.381 e. The zero-order valence-corrected chi connectivity index (χ0v) is 10.4. The Morgan fingerprint density at radius 1 is 1.11 bits per heavy atom. The van der Waals surface area contributed by atoms with Gasteiger partial charge in [0.1, 0.15) is 16.9 Å². The number of fused-ring (bicyclic) bond motifs is 1. The van der Waals surface area contributed by atoms with Crippen LogP contribution < -0.4 is 5.32 Å². The lowest BCUT2D eigenvalue weighted by atomic mass is 10.1. The Morgan fingerprint density at radius 3 is 2.79 bits per heavy atom. The molecule has 1 aromatic heterocycles. The van der Waals surface area contributed by atoms with Crippen LogP contribution >= 0.6 is 0 Å². The van der Waals surface area contributed by atoms with Crippen LogP contribution in [0.1, 0.15) is 11.1 Å². The van der Waals surface area contributed by atoms with Crippen molar-refractivity contribution in [2.75, 3.05) is 5.32 Å². The fourth-order valence-corrected chi connectivity index (χ4v) is 1.97. The van der Waals surface area contributed by atoms with Gasteiger partial charge in [0.15, 0.2) is 0 Å². The SMILES string of the molecule is Cc1cc(CNc2ccc3n[nH]nc3c2)ccc1F. The van der Waals surface area contributed by atoms with E-state index in [1.54, 1.807) is 13.0 Å². The smallest absolute Gasteiger partial charge is 0.126 e. The summed E-state index contributed by atoms with van der Waals surface area (Å²) in [6.07, 6.45) is 0. The standard InChI is InChI=1S/C14H13FN4/c1-9-6-10(2-4-12(9)15)8-16-11-3-5-13-14(7-11)18-19-17-13/h2-7,16H,8H2,1H3,(H,17,18,19). The maximum atomic E-state index is 13.2. The van der Waals surface area contributed by atoms with Gasteiger partial charge in [0.2, 0.25) is 0 Å². The Hall–Kier alpha value is -2.43. The third-order valence-corrected chi connectivity index (χ3v) is 3.04. The summed E-state index contributed by atoms with van der Waals surface area (Å²) in [5.41, 5.74) is 4.32. The van der Waals surface area contributed by atoms with Gasteiger partial charge in [0, 0.05) is 12.2 Å². The quantitative estimate of drug-likeness (QED) is 0.757. The predicted molar refractivity (Wildman–Crippen MR) is 72.4 cm³/mol. The maximum Gasteiger partial charge on any atom is 0.126 e. The minimum absolute atomic E-state index is 0.173. The van der Waals surface area contributed by atoms with Crippen molar-refractivity contribution in [2.45, 2.75) is 13.5 Å². The first-order chi connectivity index (χ1) is 9.22. The predicted octanol–water partition coefficient (Wildman–Crippen LogP) is 3.02. The Bertz CT molecular complexity index is 720. The van der Waals surface area contributed by atoms with Crippen LogP contribution in [0.4, 0.5) is 10.1 Å². The molecular formula is C14H13FN4. The van der Waals surface area contributed by atoms with Gasteiger partial charge in [-0.15, -0.1) is 0 Å². The molecule has 0 amide bonds. The number of H-pyrrole nitrogens is 1. The highest BCUT2D eigenvalue weighted by molar-refractivity contribution is 5.77. The van der Waals surface area contributed by atoms with E-state index in [0.717, 1.165) is 22.3 Å². The summed E-state index contributed by atoms with van der Waals surface area (Å²) >= 11 is 0. The number of nitrogens with zero attached hydrogens (tertiary/aromatic N) is 2. The molecule has 0 aliphatic rings. The Kier molecular flexibility index (Phi) is 2.87. The Labute approximate surface area is 109 Å². The molecule has 2 N–H and O–H groups in total. The summed E-state index contributed by atoms with van der Waals surface area (Å²) in [5, 5.41) is 13.9. The average Bonchev–Trinajstić information content (AvgIpc) is 2.87. The molecule has 0 unspecified atom stereocenters. The largest absolute Gasteiger partial charge is 0.381 e. The van der Waals surface area contributed by atoms with Gasteiger partial charge in [-0.05, 0) is 42.3 Å². The number of aryl methyl sites for hydroxylation is 1. The van der Waals surface area contributed by atoms with Crippen molar-refractivity contribution in [3.63, 3.8) is 0 Å². The van der Waals surface area contributed by atoms with Crippen LogP contribution in [0, 0.1) is 12.7 Å². The fourth-order valence-electron chi connectivity index (χ4n) is 1.97. The van der Waals surface area contributed by atoms with Gasteiger partial charge in [0.05, 0.1) is 0 Å². The molecule has 0 spiro atoms. The lowest BCUT2D eigenvalue weighted by Gasteiger charge is -2.07. The molecule has 0 fully saturated rings. The molecule has 0 radical (unpaired) electrons. The summed E-state index contributed by atoms with van der Waals surface area (Å²) in [6.45, 7) is 2.41. The van der Waals surface area contributed by atoms with Gasteiger partial charge >= 0.3 is 0 Å². The van der Waals surface area contributed by atoms with E-state index >= 15 is 0 Å². The van der Waals surface area contributed by atoms with E-state index in [4.69, 9.17) is 0 Å². The van der Waals surface area contributed by atoms with Gasteiger partial charge in [-0.25, -0.2) is 4.39 Å². The number of aromatic nitrogens is 3. The molecule has 0 saturated heterocycles. The fraction of sp³-hybridized carbons (Fsp3) is 0.143. The Morgan fingerprint density at radius 2 is 1.95 bits per heavy atom. The number of nitrogens with one attached hydrogen (secondary N) is 2. The summed E-state index contributed by atoms with van der Waals surface area (Å²) in [7, 11) is 0. The van der Waals surface area contributed by atoms with Crippen molar-refractivity contribution in [3.05, 3.63) is 53.3 Å². The first-order valence-corrected chi connectivity index (χ1v) is 6.02. The second-order valence-electron chi connectivity index (χ2n) is 4.46. The highest BCUT2D eigenvalue weighted by Gasteiger charge is 2.01. The molecule has 0 atom stereocenters. The third-order valence-electron chi connectivity index (χ3n) is 3.04. The van der Waals surface area contributed by atoms with Gasteiger partial charge in [-0.3, -0.25) is 0 Å². The number of benzene rings is 2. The summed E-state index contributed by atoms with van der Waals surface area (Å²) in [5.74, 6) is -0.173. The maximum absolute atomic E-state index is 13.2. The van der Waals surface area contributed by atoms with Crippen LogP contribution in [0.15, 0.2) is 36.4 Å².